The fourth-order valence-electron chi connectivity index (χ4n) is 1.20. The van der Waals surface area contributed by atoms with Gasteiger partial charge in [-0.05, 0) is 34.1 Å². The van der Waals surface area contributed by atoms with Crippen LogP contribution in [0.5, 0.6) is 0 Å². The number of methoxy groups -OCH3 is 1. The van der Waals surface area contributed by atoms with E-state index in [2.05, 4.69) is 30.6 Å². The molecule has 0 atom stereocenters. The molecule has 2 aromatic rings. The highest BCUT2D eigenvalue weighted by Crippen LogP contribution is 2.15. The van der Waals surface area contributed by atoms with E-state index in [1.165, 1.54) is 7.11 Å². The number of halogens is 1. The van der Waals surface area contributed by atoms with Gasteiger partial charge >= 0.3 is 5.97 Å². The molecule has 2 heterocycles. The summed E-state index contributed by atoms with van der Waals surface area (Å²) in [5, 5.41) is 0. The fourth-order valence-corrected chi connectivity index (χ4v) is 1.52. The minimum Gasteiger partial charge on any atom is -0.464 e. The summed E-state index contributed by atoms with van der Waals surface area (Å²) in [6.45, 7) is 0. The van der Waals surface area contributed by atoms with E-state index < -0.39 is 5.97 Å². The van der Waals surface area contributed by atoms with Gasteiger partial charge in [0.05, 0.1) is 18.1 Å². The van der Waals surface area contributed by atoms with Crippen molar-refractivity contribution >= 4 is 32.9 Å². The van der Waals surface area contributed by atoms with Crippen molar-refractivity contribution in [3.63, 3.8) is 0 Å². The van der Waals surface area contributed by atoms with Crippen LogP contribution in [0.3, 0.4) is 0 Å². The highest BCUT2D eigenvalue weighted by molar-refractivity contribution is 9.10. The predicted octanol–water partition coefficient (Wildman–Crippen LogP) is 2.18. The van der Waals surface area contributed by atoms with E-state index in [0.717, 1.165) is 9.99 Å². The van der Waals surface area contributed by atoms with Crippen LogP contribution >= 0.6 is 15.9 Å². The van der Waals surface area contributed by atoms with Crippen LogP contribution in [0, 0.1) is 0 Å². The Morgan fingerprint density at radius 2 is 2.20 bits per heavy atom. The Hall–Kier alpha value is -1.49. The van der Waals surface area contributed by atoms with Crippen molar-refractivity contribution < 1.29 is 9.53 Å². The van der Waals surface area contributed by atoms with Gasteiger partial charge in [-0.2, -0.15) is 0 Å². The molecule has 0 aliphatic rings. The predicted molar refractivity (Wildman–Crippen MR) is 58.6 cm³/mol. The molecule has 0 N–H and O–H groups in total. The molecule has 0 radical (unpaired) electrons. The van der Waals surface area contributed by atoms with Gasteiger partial charge in [-0.1, -0.05) is 0 Å². The molecule has 0 aromatic carbocycles. The summed E-state index contributed by atoms with van der Waals surface area (Å²) >= 11 is 3.29. The highest BCUT2D eigenvalue weighted by atomic mass is 79.9. The van der Waals surface area contributed by atoms with Crippen LogP contribution in [0.15, 0.2) is 28.9 Å². The Kier molecular flexibility index (Phi) is 2.64. The summed E-state index contributed by atoms with van der Waals surface area (Å²) in [5.74, 6) is -0.447. The van der Waals surface area contributed by atoms with E-state index in [-0.39, 0.29) is 5.69 Å². The Balaban J connectivity index is 2.59. The van der Waals surface area contributed by atoms with Gasteiger partial charge in [0, 0.05) is 10.7 Å². The van der Waals surface area contributed by atoms with Crippen molar-refractivity contribution in [1.29, 1.82) is 0 Å². The Morgan fingerprint density at radius 3 is 2.93 bits per heavy atom. The summed E-state index contributed by atoms with van der Waals surface area (Å²) in [7, 11) is 1.33. The maximum atomic E-state index is 11.2. The van der Waals surface area contributed by atoms with Crippen LogP contribution in [0.1, 0.15) is 10.5 Å². The van der Waals surface area contributed by atoms with Gasteiger partial charge in [-0.3, -0.25) is 4.98 Å². The van der Waals surface area contributed by atoms with Crippen LogP contribution in [0.25, 0.3) is 11.0 Å². The van der Waals surface area contributed by atoms with Crippen molar-refractivity contribution in [3.8, 4) is 0 Å². The number of carbonyl (C=O) groups excluding carboxylic acids is 1. The van der Waals surface area contributed by atoms with Crippen molar-refractivity contribution in [2.24, 2.45) is 0 Å². The average Bonchev–Trinajstić information content (AvgIpc) is 2.27. The SMILES string of the molecule is COC(=O)c1ccc2ncc(Br)cc2n1. The second-order valence-corrected chi connectivity index (χ2v) is 3.80. The minimum atomic E-state index is -0.447. The normalized spacial score (nSPS) is 10.3. The standard InChI is InChI=1S/C10H7BrN2O2/c1-15-10(14)8-3-2-7-9(13-8)4-6(11)5-12-7/h2-5H,1H3. The van der Waals surface area contributed by atoms with Crippen molar-refractivity contribution in [2.75, 3.05) is 7.11 Å². The number of carbonyl (C=O) groups is 1. The number of pyridine rings is 2. The summed E-state index contributed by atoms with van der Waals surface area (Å²) in [6, 6.07) is 5.13. The second-order valence-electron chi connectivity index (χ2n) is 2.88. The number of hydrogen-bond acceptors (Lipinski definition) is 4. The number of esters is 1. The third-order valence-electron chi connectivity index (χ3n) is 1.90. The molecule has 2 aromatic heterocycles. The zero-order chi connectivity index (χ0) is 10.8. The Labute approximate surface area is 94.4 Å². The summed E-state index contributed by atoms with van der Waals surface area (Å²) < 4.78 is 5.41. The van der Waals surface area contributed by atoms with E-state index in [9.17, 15) is 4.79 Å². The van der Waals surface area contributed by atoms with E-state index in [1.807, 2.05) is 0 Å². The maximum absolute atomic E-state index is 11.2. The van der Waals surface area contributed by atoms with E-state index in [0.29, 0.717) is 5.52 Å². The molecule has 5 heteroatoms. The molecule has 0 bridgehead atoms. The van der Waals surface area contributed by atoms with Crippen molar-refractivity contribution in [1.82, 2.24) is 9.97 Å². The molecule has 0 spiro atoms. The summed E-state index contributed by atoms with van der Waals surface area (Å²) in [4.78, 5) is 19.5. The van der Waals surface area contributed by atoms with E-state index in [1.54, 1.807) is 24.4 Å². The summed E-state index contributed by atoms with van der Waals surface area (Å²) in [6.07, 6.45) is 1.68. The number of hydrogen-bond donors (Lipinski definition) is 0. The number of nitrogens with zero attached hydrogens (tertiary/aromatic N) is 2. The van der Waals surface area contributed by atoms with Crippen molar-refractivity contribution in [2.45, 2.75) is 0 Å². The van der Waals surface area contributed by atoms with Gasteiger partial charge < -0.3 is 4.74 Å². The van der Waals surface area contributed by atoms with Crippen LogP contribution in [0.4, 0.5) is 0 Å². The zero-order valence-corrected chi connectivity index (χ0v) is 9.48. The minimum absolute atomic E-state index is 0.282. The van der Waals surface area contributed by atoms with Gasteiger partial charge in [0.15, 0.2) is 0 Å². The molecule has 0 aliphatic carbocycles. The first-order valence-corrected chi connectivity index (χ1v) is 5.00. The number of fused-ring (bicyclic) bond motifs is 1. The molecule has 0 aliphatic heterocycles. The van der Waals surface area contributed by atoms with E-state index >= 15 is 0 Å². The molecule has 0 unspecified atom stereocenters. The van der Waals surface area contributed by atoms with Gasteiger partial charge in [-0.25, -0.2) is 9.78 Å². The second kappa shape index (κ2) is 3.94. The number of rotatable bonds is 1. The lowest BCUT2D eigenvalue weighted by atomic mass is 10.3. The van der Waals surface area contributed by atoms with Crippen LogP contribution in [0.2, 0.25) is 0 Å². The molecule has 0 saturated heterocycles. The molecule has 0 amide bonds. The molecule has 4 nitrogen and oxygen atoms in total. The van der Waals surface area contributed by atoms with Crippen LogP contribution in [-0.4, -0.2) is 23.0 Å². The average molecular weight is 267 g/mol. The van der Waals surface area contributed by atoms with E-state index in [4.69, 9.17) is 0 Å². The lowest BCUT2D eigenvalue weighted by Gasteiger charge is -2.00. The lowest BCUT2D eigenvalue weighted by Crippen LogP contribution is -2.04. The van der Waals surface area contributed by atoms with Crippen LogP contribution < -0.4 is 0 Å². The lowest BCUT2D eigenvalue weighted by molar-refractivity contribution is 0.0594. The smallest absolute Gasteiger partial charge is 0.356 e. The number of ether oxygens (including phenoxy) is 1. The largest absolute Gasteiger partial charge is 0.464 e. The topological polar surface area (TPSA) is 52.1 Å². The molecule has 0 saturated carbocycles. The fraction of sp³-hybridized carbons (Fsp3) is 0.100. The Morgan fingerprint density at radius 1 is 1.40 bits per heavy atom. The molecular formula is C10H7BrN2O2. The third-order valence-corrected chi connectivity index (χ3v) is 2.33. The quantitative estimate of drug-likeness (QED) is 0.743. The molecular weight excluding hydrogens is 260 g/mol. The van der Waals surface area contributed by atoms with Gasteiger partial charge in [0.25, 0.3) is 0 Å². The molecule has 15 heavy (non-hydrogen) atoms. The van der Waals surface area contributed by atoms with Crippen LogP contribution in [-0.2, 0) is 4.74 Å². The van der Waals surface area contributed by atoms with Gasteiger partial charge in [0.2, 0.25) is 0 Å². The van der Waals surface area contributed by atoms with Crippen molar-refractivity contribution in [3.05, 3.63) is 34.6 Å². The Bertz CT molecular complexity index is 528. The monoisotopic (exact) mass is 266 g/mol. The highest BCUT2D eigenvalue weighted by Gasteiger charge is 2.08. The first-order chi connectivity index (χ1) is 7.20. The maximum Gasteiger partial charge on any atom is 0.356 e. The van der Waals surface area contributed by atoms with Gasteiger partial charge in [0.1, 0.15) is 5.69 Å². The summed E-state index contributed by atoms with van der Waals surface area (Å²) in [5.41, 5.74) is 1.68. The zero-order valence-electron chi connectivity index (χ0n) is 7.90. The first kappa shape index (κ1) is 10.0. The molecule has 76 valence electrons. The first-order valence-electron chi connectivity index (χ1n) is 4.21. The third kappa shape index (κ3) is 1.97. The molecule has 0 fully saturated rings. The van der Waals surface area contributed by atoms with Gasteiger partial charge in [-0.15, -0.1) is 0 Å². The number of aromatic nitrogens is 2. The molecule has 2 rings (SSSR count).